The maximum Gasteiger partial charge on any atom is 0.250 e. The van der Waals surface area contributed by atoms with Crippen LogP contribution in [0.1, 0.15) is 11.1 Å². The summed E-state index contributed by atoms with van der Waals surface area (Å²) in [6.07, 6.45) is 1.56. The highest BCUT2D eigenvalue weighted by Gasteiger charge is 2.01. The van der Waals surface area contributed by atoms with Crippen LogP contribution in [0.3, 0.4) is 0 Å². The number of nitrogens with one attached hydrogen (secondary N) is 1. The van der Waals surface area contributed by atoms with Gasteiger partial charge in [0.05, 0.1) is 19.1 Å². The van der Waals surface area contributed by atoms with Gasteiger partial charge in [-0.05, 0) is 47.5 Å². The first-order chi connectivity index (χ1) is 12.7. The quantitative estimate of drug-likeness (QED) is 0.543. The summed E-state index contributed by atoms with van der Waals surface area (Å²) >= 11 is 1.51. The fourth-order valence-corrected chi connectivity index (χ4v) is 2.74. The zero-order valence-electron chi connectivity index (χ0n) is 14.3. The lowest BCUT2D eigenvalue weighted by molar-refractivity contribution is -0.118. The molecule has 0 atom stereocenters. The molecule has 0 aliphatic heterocycles. The van der Waals surface area contributed by atoms with Gasteiger partial charge in [-0.3, -0.25) is 4.79 Å². The summed E-state index contributed by atoms with van der Waals surface area (Å²) in [4.78, 5) is 11.8. The van der Waals surface area contributed by atoms with E-state index in [1.807, 2.05) is 30.3 Å². The largest absolute Gasteiger partial charge is 0.497 e. The van der Waals surface area contributed by atoms with E-state index in [0.717, 1.165) is 22.6 Å². The molecule has 0 spiro atoms. The predicted octanol–water partition coefficient (Wildman–Crippen LogP) is 2.98. The van der Waals surface area contributed by atoms with E-state index in [2.05, 4.69) is 10.5 Å². The standard InChI is InChI=1S/C19H19N3O3S/c1-24-17-6-4-16(5-7-17)13-26-14-19(23)22-21-12-15-2-8-18(9-3-15)25-11-10-20/h2-9,12H,11,13-14H2,1H3,(H,22,23)/b21-12-. The Kier molecular flexibility index (Phi) is 8.03. The third-order valence-electron chi connectivity index (χ3n) is 3.25. The molecule has 0 bridgehead atoms. The normalized spacial score (nSPS) is 10.3. The number of carbonyl (C=O) groups is 1. The number of benzene rings is 2. The lowest BCUT2D eigenvalue weighted by Gasteiger charge is -2.03. The first-order valence-electron chi connectivity index (χ1n) is 7.83. The smallest absolute Gasteiger partial charge is 0.250 e. The second kappa shape index (κ2) is 10.8. The number of rotatable bonds is 9. The Balaban J connectivity index is 1.69. The molecule has 2 aromatic rings. The number of hydrogen-bond donors (Lipinski definition) is 1. The van der Waals surface area contributed by atoms with Gasteiger partial charge in [-0.25, -0.2) is 5.43 Å². The van der Waals surface area contributed by atoms with Crippen LogP contribution in [0.5, 0.6) is 11.5 Å². The van der Waals surface area contributed by atoms with Gasteiger partial charge in [0.1, 0.15) is 17.6 Å². The Hall–Kier alpha value is -2.98. The summed E-state index contributed by atoms with van der Waals surface area (Å²) in [7, 11) is 1.63. The monoisotopic (exact) mass is 369 g/mol. The van der Waals surface area contributed by atoms with Crippen LogP contribution in [0.25, 0.3) is 0 Å². The minimum Gasteiger partial charge on any atom is -0.497 e. The molecule has 0 aliphatic carbocycles. The van der Waals surface area contributed by atoms with Crippen molar-refractivity contribution in [2.75, 3.05) is 19.5 Å². The molecule has 0 fully saturated rings. The number of nitrogens with zero attached hydrogens (tertiary/aromatic N) is 2. The molecule has 26 heavy (non-hydrogen) atoms. The molecule has 7 heteroatoms. The number of hydrazone groups is 1. The highest BCUT2D eigenvalue weighted by Crippen LogP contribution is 2.16. The van der Waals surface area contributed by atoms with E-state index < -0.39 is 0 Å². The summed E-state index contributed by atoms with van der Waals surface area (Å²) in [6, 6.07) is 16.7. The van der Waals surface area contributed by atoms with Crippen LogP contribution in [-0.2, 0) is 10.5 Å². The Labute approximate surface area is 156 Å². The number of methoxy groups -OCH3 is 1. The van der Waals surface area contributed by atoms with Crippen molar-refractivity contribution in [3.63, 3.8) is 0 Å². The van der Waals surface area contributed by atoms with Crippen molar-refractivity contribution in [3.05, 3.63) is 59.7 Å². The Bertz CT molecular complexity index is 768. The summed E-state index contributed by atoms with van der Waals surface area (Å²) < 4.78 is 10.3. The Morgan fingerprint density at radius 1 is 1.19 bits per heavy atom. The second-order valence-corrected chi connectivity index (χ2v) is 6.14. The van der Waals surface area contributed by atoms with Crippen LogP contribution >= 0.6 is 11.8 Å². The maximum absolute atomic E-state index is 11.8. The van der Waals surface area contributed by atoms with Crippen molar-refractivity contribution < 1.29 is 14.3 Å². The van der Waals surface area contributed by atoms with Gasteiger partial charge in [-0.15, -0.1) is 11.8 Å². The van der Waals surface area contributed by atoms with Crippen molar-refractivity contribution >= 4 is 23.9 Å². The van der Waals surface area contributed by atoms with Gasteiger partial charge in [0, 0.05) is 5.75 Å². The summed E-state index contributed by atoms with van der Waals surface area (Å²) in [6.45, 7) is 0.0116. The lowest BCUT2D eigenvalue weighted by atomic mass is 10.2. The number of thioether (sulfide) groups is 1. The Morgan fingerprint density at radius 3 is 2.54 bits per heavy atom. The molecule has 0 aliphatic rings. The highest BCUT2D eigenvalue weighted by molar-refractivity contribution is 7.99. The predicted molar refractivity (Wildman–Crippen MR) is 102 cm³/mol. The van der Waals surface area contributed by atoms with E-state index in [0.29, 0.717) is 11.5 Å². The zero-order valence-corrected chi connectivity index (χ0v) is 15.2. The molecular formula is C19H19N3O3S. The van der Waals surface area contributed by atoms with E-state index in [-0.39, 0.29) is 12.5 Å². The van der Waals surface area contributed by atoms with E-state index >= 15 is 0 Å². The maximum atomic E-state index is 11.8. The first-order valence-corrected chi connectivity index (χ1v) is 8.99. The molecule has 2 aromatic carbocycles. The van der Waals surface area contributed by atoms with Gasteiger partial charge < -0.3 is 9.47 Å². The zero-order chi connectivity index (χ0) is 18.6. The van der Waals surface area contributed by atoms with Crippen LogP contribution < -0.4 is 14.9 Å². The van der Waals surface area contributed by atoms with Crippen molar-refractivity contribution in [1.82, 2.24) is 5.43 Å². The first kappa shape index (κ1) is 19.3. The van der Waals surface area contributed by atoms with Crippen LogP contribution in [0.4, 0.5) is 0 Å². The van der Waals surface area contributed by atoms with Gasteiger partial charge in [0.15, 0.2) is 6.61 Å². The Morgan fingerprint density at radius 2 is 1.88 bits per heavy atom. The van der Waals surface area contributed by atoms with Crippen LogP contribution in [-0.4, -0.2) is 31.6 Å². The number of hydrogen-bond acceptors (Lipinski definition) is 6. The third-order valence-corrected chi connectivity index (χ3v) is 4.25. The summed E-state index contributed by atoms with van der Waals surface area (Å²) in [5.41, 5.74) is 4.45. The van der Waals surface area contributed by atoms with E-state index in [1.165, 1.54) is 11.8 Å². The number of ether oxygens (including phenoxy) is 2. The minimum atomic E-state index is -0.159. The van der Waals surface area contributed by atoms with Crippen LogP contribution in [0.2, 0.25) is 0 Å². The topological polar surface area (TPSA) is 83.7 Å². The van der Waals surface area contributed by atoms with Gasteiger partial charge >= 0.3 is 0 Å². The molecular weight excluding hydrogens is 350 g/mol. The van der Waals surface area contributed by atoms with Gasteiger partial charge in [-0.2, -0.15) is 10.4 Å². The fraction of sp³-hybridized carbons (Fsp3) is 0.211. The average Bonchev–Trinajstić information content (AvgIpc) is 2.68. The molecule has 1 N–H and O–H groups in total. The van der Waals surface area contributed by atoms with Crippen molar-refractivity contribution in [3.8, 4) is 17.6 Å². The number of amides is 1. The fourth-order valence-electron chi connectivity index (χ4n) is 1.96. The molecule has 2 rings (SSSR count). The van der Waals surface area contributed by atoms with Gasteiger partial charge in [0.25, 0.3) is 0 Å². The van der Waals surface area contributed by atoms with Crippen molar-refractivity contribution in [2.45, 2.75) is 5.75 Å². The lowest BCUT2D eigenvalue weighted by Crippen LogP contribution is -2.19. The van der Waals surface area contributed by atoms with E-state index in [1.54, 1.807) is 37.6 Å². The van der Waals surface area contributed by atoms with Crippen molar-refractivity contribution in [1.29, 1.82) is 5.26 Å². The molecule has 0 saturated carbocycles. The summed E-state index contributed by atoms with van der Waals surface area (Å²) in [5, 5.41) is 12.4. The van der Waals surface area contributed by atoms with E-state index in [4.69, 9.17) is 14.7 Å². The number of carbonyl (C=O) groups excluding carboxylic acids is 1. The molecule has 0 saturated heterocycles. The SMILES string of the molecule is COc1ccc(CSCC(=O)N/N=C\c2ccc(OCC#N)cc2)cc1. The van der Waals surface area contributed by atoms with Crippen LogP contribution in [0.15, 0.2) is 53.6 Å². The van der Waals surface area contributed by atoms with Gasteiger partial charge in [0.2, 0.25) is 5.91 Å². The molecule has 0 radical (unpaired) electrons. The molecule has 6 nitrogen and oxygen atoms in total. The molecule has 0 aromatic heterocycles. The molecule has 134 valence electrons. The highest BCUT2D eigenvalue weighted by atomic mass is 32.2. The van der Waals surface area contributed by atoms with Crippen LogP contribution in [0, 0.1) is 11.3 Å². The average molecular weight is 369 g/mol. The number of nitriles is 1. The molecule has 1 amide bonds. The van der Waals surface area contributed by atoms with Crippen molar-refractivity contribution in [2.24, 2.45) is 5.10 Å². The molecule has 0 heterocycles. The molecule has 0 unspecified atom stereocenters. The van der Waals surface area contributed by atoms with Gasteiger partial charge in [-0.1, -0.05) is 12.1 Å². The second-order valence-electron chi connectivity index (χ2n) is 5.15. The minimum absolute atomic E-state index is 0.0116. The summed E-state index contributed by atoms with van der Waals surface area (Å²) in [5.74, 6) is 2.34. The third kappa shape index (κ3) is 6.87. The van der Waals surface area contributed by atoms with E-state index in [9.17, 15) is 4.79 Å².